The molecule has 18 heavy (non-hydrogen) atoms. The van der Waals surface area contributed by atoms with E-state index in [9.17, 15) is 9.18 Å². The Balaban J connectivity index is 2.44. The second-order valence-corrected chi connectivity index (χ2v) is 4.87. The van der Waals surface area contributed by atoms with Gasteiger partial charge in [-0.1, -0.05) is 34.8 Å². The normalized spacial score (nSPS) is 10.4. The second kappa shape index (κ2) is 5.27. The number of hydrogen-bond donors (Lipinski definition) is 0. The zero-order chi connectivity index (χ0) is 13.3. The van der Waals surface area contributed by atoms with Gasteiger partial charge in [0, 0.05) is 16.1 Å². The fraction of sp³-hybridized carbons (Fsp3) is 0. The van der Waals surface area contributed by atoms with Gasteiger partial charge in [-0.25, -0.2) is 4.39 Å². The predicted octanol–water partition coefficient (Wildman–Crippen LogP) is 5.02. The van der Waals surface area contributed by atoms with Crippen LogP contribution in [0.2, 0.25) is 15.1 Å². The molecule has 0 amide bonds. The van der Waals surface area contributed by atoms with Gasteiger partial charge in [0.1, 0.15) is 5.82 Å². The molecule has 0 N–H and O–H groups in total. The molecule has 0 spiro atoms. The smallest absolute Gasteiger partial charge is 0.193 e. The Labute approximate surface area is 118 Å². The van der Waals surface area contributed by atoms with Crippen LogP contribution < -0.4 is 0 Å². The molecule has 2 rings (SSSR count). The van der Waals surface area contributed by atoms with E-state index in [-0.39, 0.29) is 21.4 Å². The van der Waals surface area contributed by atoms with Crippen LogP contribution in [0.5, 0.6) is 0 Å². The first kappa shape index (κ1) is 13.3. The van der Waals surface area contributed by atoms with Crippen LogP contribution in [-0.2, 0) is 0 Å². The van der Waals surface area contributed by atoms with Crippen molar-refractivity contribution in [2.45, 2.75) is 0 Å². The molecule has 5 heteroatoms. The number of ketones is 1. The van der Waals surface area contributed by atoms with Crippen molar-refractivity contribution in [2.75, 3.05) is 0 Å². The Bertz CT molecular complexity index is 605. The molecular weight excluding hydrogens is 297 g/mol. The van der Waals surface area contributed by atoms with Gasteiger partial charge in [0.25, 0.3) is 0 Å². The van der Waals surface area contributed by atoms with Gasteiger partial charge in [0.15, 0.2) is 5.78 Å². The van der Waals surface area contributed by atoms with Crippen molar-refractivity contribution in [3.05, 3.63) is 68.4 Å². The zero-order valence-corrected chi connectivity index (χ0v) is 11.2. The third-order valence-corrected chi connectivity index (χ3v) is 3.26. The van der Waals surface area contributed by atoms with Crippen LogP contribution in [-0.4, -0.2) is 5.78 Å². The summed E-state index contributed by atoms with van der Waals surface area (Å²) in [6.07, 6.45) is 0. The third-order valence-electron chi connectivity index (χ3n) is 2.31. The average molecular weight is 304 g/mol. The fourth-order valence-corrected chi connectivity index (χ4v) is 2.01. The molecule has 0 radical (unpaired) electrons. The lowest BCUT2D eigenvalue weighted by Crippen LogP contribution is -2.02. The maximum atomic E-state index is 13.2. The summed E-state index contributed by atoms with van der Waals surface area (Å²) in [7, 11) is 0. The Morgan fingerprint density at radius 3 is 2.22 bits per heavy atom. The van der Waals surface area contributed by atoms with E-state index in [4.69, 9.17) is 34.8 Å². The molecule has 0 atom stereocenters. The standard InChI is InChI=1S/C13H6Cl3FO/c14-9-3-8(4-10(17)6-9)13(18)7-1-2-11(15)12(16)5-7/h1-6H. The lowest BCUT2D eigenvalue weighted by Gasteiger charge is -2.04. The highest BCUT2D eigenvalue weighted by atomic mass is 35.5. The van der Waals surface area contributed by atoms with Crippen molar-refractivity contribution in [1.29, 1.82) is 0 Å². The van der Waals surface area contributed by atoms with E-state index in [0.717, 1.165) is 12.1 Å². The highest BCUT2D eigenvalue weighted by molar-refractivity contribution is 6.42. The Hall–Kier alpha value is -1.09. The first-order chi connectivity index (χ1) is 8.47. The van der Waals surface area contributed by atoms with Crippen LogP contribution in [0.3, 0.4) is 0 Å². The topological polar surface area (TPSA) is 17.1 Å². The predicted molar refractivity (Wildman–Crippen MR) is 71.3 cm³/mol. The Morgan fingerprint density at radius 2 is 1.61 bits per heavy atom. The third kappa shape index (κ3) is 2.83. The van der Waals surface area contributed by atoms with Crippen molar-refractivity contribution >= 4 is 40.6 Å². The molecule has 0 aliphatic rings. The molecule has 0 heterocycles. The van der Waals surface area contributed by atoms with Crippen molar-refractivity contribution in [3.63, 3.8) is 0 Å². The van der Waals surface area contributed by atoms with Gasteiger partial charge in [-0.15, -0.1) is 0 Å². The highest BCUT2D eigenvalue weighted by Gasteiger charge is 2.12. The molecule has 2 aromatic rings. The molecule has 0 bridgehead atoms. The minimum absolute atomic E-state index is 0.165. The van der Waals surface area contributed by atoms with Crippen LogP contribution in [0.15, 0.2) is 36.4 Å². The lowest BCUT2D eigenvalue weighted by atomic mass is 10.0. The molecule has 0 fully saturated rings. The van der Waals surface area contributed by atoms with Crippen LogP contribution in [0.4, 0.5) is 4.39 Å². The molecule has 0 saturated heterocycles. The van der Waals surface area contributed by atoms with E-state index in [1.807, 2.05) is 0 Å². The van der Waals surface area contributed by atoms with Gasteiger partial charge in [0.05, 0.1) is 10.0 Å². The van der Waals surface area contributed by atoms with Crippen LogP contribution in [0.25, 0.3) is 0 Å². The highest BCUT2D eigenvalue weighted by Crippen LogP contribution is 2.24. The van der Waals surface area contributed by atoms with Crippen LogP contribution >= 0.6 is 34.8 Å². The number of rotatable bonds is 2. The van der Waals surface area contributed by atoms with E-state index in [0.29, 0.717) is 10.6 Å². The summed E-state index contributed by atoms with van der Waals surface area (Å²) in [5.74, 6) is -0.930. The van der Waals surface area contributed by atoms with E-state index in [1.54, 1.807) is 0 Å². The second-order valence-electron chi connectivity index (χ2n) is 3.62. The summed E-state index contributed by atoms with van der Waals surface area (Å²) < 4.78 is 13.2. The largest absolute Gasteiger partial charge is 0.289 e. The molecule has 0 unspecified atom stereocenters. The molecule has 0 saturated carbocycles. The molecule has 1 nitrogen and oxygen atoms in total. The van der Waals surface area contributed by atoms with Crippen molar-refractivity contribution in [1.82, 2.24) is 0 Å². The van der Waals surface area contributed by atoms with Gasteiger partial charge in [0.2, 0.25) is 0 Å². The van der Waals surface area contributed by atoms with Gasteiger partial charge in [-0.2, -0.15) is 0 Å². The molecule has 0 aromatic heterocycles. The molecule has 0 aliphatic carbocycles. The summed E-state index contributed by atoms with van der Waals surface area (Å²) in [5.41, 5.74) is 0.490. The van der Waals surface area contributed by atoms with E-state index < -0.39 is 5.82 Å². The van der Waals surface area contributed by atoms with E-state index in [1.165, 1.54) is 24.3 Å². The fourth-order valence-electron chi connectivity index (χ4n) is 1.49. The average Bonchev–Trinajstić information content (AvgIpc) is 2.30. The van der Waals surface area contributed by atoms with E-state index in [2.05, 4.69) is 0 Å². The number of hydrogen-bond acceptors (Lipinski definition) is 1. The van der Waals surface area contributed by atoms with Crippen molar-refractivity contribution in [3.8, 4) is 0 Å². The summed E-state index contributed by atoms with van der Waals surface area (Å²) in [6, 6.07) is 8.12. The van der Waals surface area contributed by atoms with Crippen LogP contribution in [0, 0.1) is 5.82 Å². The Morgan fingerprint density at radius 1 is 0.889 bits per heavy atom. The first-order valence-electron chi connectivity index (χ1n) is 4.93. The zero-order valence-electron chi connectivity index (χ0n) is 8.88. The van der Waals surface area contributed by atoms with Gasteiger partial charge in [-0.3, -0.25) is 4.79 Å². The monoisotopic (exact) mass is 302 g/mol. The lowest BCUT2D eigenvalue weighted by molar-refractivity contribution is 0.103. The minimum atomic E-state index is -0.564. The van der Waals surface area contributed by atoms with Gasteiger partial charge >= 0.3 is 0 Å². The number of halogens is 4. The summed E-state index contributed by atoms with van der Waals surface area (Å²) in [6.45, 7) is 0. The van der Waals surface area contributed by atoms with Crippen molar-refractivity contribution in [2.24, 2.45) is 0 Å². The summed E-state index contributed by atoms with van der Waals surface area (Å²) >= 11 is 17.3. The van der Waals surface area contributed by atoms with E-state index >= 15 is 0 Å². The maximum absolute atomic E-state index is 13.2. The molecule has 0 aliphatic heterocycles. The number of carbonyl (C=O) groups excluding carboxylic acids is 1. The Kier molecular flexibility index (Phi) is 3.91. The van der Waals surface area contributed by atoms with Crippen LogP contribution in [0.1, 0.15) is 15.9 Å². The number of benzene rings is 2. The molecular formula is C13H6Cl3FO. The number of carbonyl (C=O) groups is 1. The minimum Gasteiger partial charge on any atom is -0.289 e. The maximum Gasteiger partial charge on any atom is 0.193 e. The van der Waals surface area contributed by atoms with Gasteiger partial charge < -0.3 is 0 Å². The van der Waals surface area contributed by atoms with Gasteiger partial charge in [-0.05, 0) is 36.4 Å². The first-order valence-corrected chi connectivity index (χ1v) is 6.06. The SMILES string of the molecule is O=C(c1cc(F)cc(Cl)c1)c1ccc(Cl)c(Cl)c1. The quantitative estimate of drug-likeness (QED) is 0.712. The molecule has 92 valence electrons. The molecule has 2 aromatic carbocycles. The summed E-state index contributed by atoms with van der Waals surface area (Å²) in [4.78, 5) is 12.1. The summed E-state index contributed by atoms with van der Waals surface area (Å²) in [5, 5.41) is 0.786. The van der Waals surface area contributed by atoms with Crippen molar-refractivity contribution < 1.29 is 9.18 Å².